The van der Waals surface area contributed by atoms with E-state index in [2.05, 4.69) is 27.2 Å². The molecule has 94 valence electrons. The summed E-state index contributed by atoms with van der Waals surface area (Å²) in [6.07, 6.45) is 5.28. The summed E-state index contributed by atoms with van der Waals surface area (Å²) in [4.78, 5) is 12.0. The van der Waals surface area contributed by atoms with E-state index in [0.29, 0.717) is 15.7 Å². The van der Waals surface area contributed by atoms with Gasteiger partial charge in [-0.2, -0.15) is 0 Å². The Kier molecular flexibility index (Phi) is 3.98. The van der Waals surface area contributed by atoms with Crippen molar-refractivity contribution in [1.29, 1.82) is 0 Å². The summed E-state index contributed by atoms with van der Waals surface area (Å²) in [6, 6.07) is 10.8. The fraction of sp³-hybridized carbons (Fsp3) is 0. The summed E-state index contributed by atoms with van der Waals surface area (Å²) in [7, 11) is 0. The van der Waals surface area contributed by atoms with Gasteiger partial charge in [0.2, 0.25) is 0 Å². The van der Waals surface area contributed by atoms with Gasteiger partial charge >= 0.3 is 0 Å². The average Bonchev–Trinajstić information content (AvgIpc) is 2.41. The zero-order chi connectivity index (χ0) is 13.8. The highest BCUT2D eigenvalue weighted by Gasteiger charge is 2.11. The molecule has 2 aromatic carbocycles. The predicted molar refractivity (Wildman–Crippen MR) is 76.4 cm³/mol. The Labute approximate surface area is 118 Å². The van der Waals surface area contributed by atoms with Crippen molar-refractivity contribution in [2.24, 2.45) is 0 Å². The van der Waals surface area contributed by atoms with E-state index in [9.17, 15) is 9.18 Å². The van der Waals surface area contributed by atoms with Gasteiger partial charge in [0.15, 0.2) is 0 Å². The van der Waals surface area contributed by atoms with Crippen molar-refractivity contribution < 1.29 is 9.18 Å². The molecule has 0 aliphatic heterocycles. The van der Waals surface area contributed by atoms with Crippen LogP contribution in [0.25, 0.3) is 0 Å². The Morgan fingerprint density at radius 1 is 1.26 bits per heavy atom. The van der Waals surface area contributed by atoms with Crippen molar-refractivity contribution in [1.82, 2.24) is 0 Å². The second-order valence-corrected chi connectivity index (χ2v) is 4.66. The third kappa shape index (κ3) is 3.21. The molecule has 2 rings (SSSR count). The number of benzene rings is 2. The third-order valence-corrected chi connectivity index (χ3v) is 3.15. The molecule has 0 aromatic heterocycles. The van der Waals surface area contributed by atoms with E-state index in [0.717, 1.165) is 0 Å². The summed E-state index contributed by atoms with van der Waals surface area (Å²) < 4.78 is 13.7. The molecule has 0 atom stereocenters. The highest BCUT2D eigenvalue weighted by Crippen LogP contribution is 2.19. The van der Waals surface area contributed by atoms with Crippen LogP contribution in [-0.4, -0.2) is 5.91 Å². The smallest absolute Gasteiger partial charge is 0.256 e. The van der Waals surface area contributed by atoms with Crippen molar-refractivity contribution in [2.45, 2.75) is 0 Å². The van der Waals surface area contributed by atoms with Crippen LogP contribution < -0.4 is 5.32 Å². The number of anilines is 1. The molecular formula is C15H9BrFNO. The van der Waals surface area contributed by atoms with Gasteiger partial charge in [-0.25, -0.2) is 4.39 Å². The van der Waals surface area contributed by atoms with Crippen LogP contribution in [-0.2, 0) is 0 Å². The number of hydrogen-bond donors (Lipinski definition) is 1. The van der Waals surface area contributed by atoms with Crippen molar-refractivity contribution in [3.8, 4) is 12.3 Å². The molecule has 1 amide bonds. The van der Waals surface area contributed by atoms with Crippen LogP contribution in [0.5, 0.6) is 0 Å². The molecule has 1 N–H and O–H groups in total. The average molecular weight is 318 g/mol. The molecule has 0 spiro atoms. The van der Waals surface area contributed by atoms with Crippen LogP contribution in [0.4, 0.5) is 10.1 Å². The molecule has 0 saturated heterocycles. The van der Waals surface area contributed by atoms with Crippen molar-refractivity contribution in [2.75, 3.05) is 5.32 Å². The number of rotatable bonds is 2. The molecule has 0 unspecified atom stereocenters. The number of terminal acetylenes is 1. The van der Waals surface area contributed by atoms with E-state index < -0.39 is 11.7 Å². The van der Waals surface area contributed by atoms with Gasteiger partial charge in [0.25, 0.3) is 5.91 Å². The van der Waals surface area contributed by atoms with Gasteiger partial charge in [-0.3, -0.25) is 4.79 Å². The van der Waals surface area contributed by atoms with Gasteiger partial charge in [-0.1, -0.05) is 12.0 Å². The molecule has 0 aliphatic carbocycles. The lowest BCUT2D eigenvalue weighted by atomic mass is 10.2. The van der Waals surface area contributed by atoms with Crippen LogP contribution in [0, 0.1) is 18.2 Å². The Balaban J connectivity index is 2.26. The van der Waals surface area contributed by atoms with Gasteiger partial charge in [-0.05, 0) is 52.3 Å². The molecular weight excluding hydrogens is 309 g/mol. The first-order valence-corrected chi connectivity index (χ1v) is 6.22. The molecule has 19 heavy (non-hydrogen) atoms. The van der Waals surface area contributed by atoms with Crippen LogP contribution in [0.3, 0.4) is 0 Å². The quantitative estimate of drug-likeness (QED) is 0.838. The highest BCUT2D eigenvalue weighted by atomic mass is 79.9. The van der Waals surface area contributed by atoms with E-state index in [1.807, 2.05) is 0 Å². The fourth-order valence-corrected chi connectivity index (χ4v) is 1.98. The Morgan fingerprint density at radius 2 is 2.05 bits per heavy atom. The van der Waals surface area contributed by atoms with Crippen molar-refractivity contribution in [3.63, 3.8) is 0 Å². The first kappa shape index (κ1) is 13.3. The Morgan fingerprint density at radius 3 is 2.79 bits per heavy atom. The van der Waals surface area contributed by atoms with E-state index in [4.69, 9.17) is 6.42 Å². The van der Waals surface area contributed by atoms with Crippen LogP contribution >= 0.6 is 15.9 Å². The minimum atomic E-state index is -0.467. The van der Waals surface area contributed by atoms with Gasteiger partial charge in [0.05, 0.1) is 5.56 Å². The van der Waals surface area contributed by atoms with Crippen LogP contribution in [0.1, 0.15) is 15.9 Å². The monoisotopic (exact) mass is 317 g/mol. The summed E-state index contributed by atoms with van der Waals surface area (Å²) in [5.41, 5.74) is 1.46. The number of nitrogens with one attached hydrogen (secondary N) is 1. The lowest BCUT2D eigenvalue weighted by molar-refractivity contribution is 0.102. The van der Waals surface area contributed by atoms with E-state index >= 15 is 0 Å². The maximum absolute atomic E-state index is 13.1. The van der Waals surface area contributed by atoms with Gasteiger partial charge in [0.1, 0.15) is 5.82 Å². The van der Waals surface area contributed by atoms with Crippen LogP contribution in [0.15, 0.2) is 46.9 Å². The lowest BCUT2D eigenvalue weighted by Crippen LogP contribution is -2.13. The fourth-order valence-electron chi connectivity index (χ4n) is 1.56. The molecule has 0 fully saturated rings. The molecule has 0 aliphatic rings. The van der Waals surface area contributed by atoms with Gasteiger partial charge < -0.3 is 5.32 Å². The van der Waals surface area contributed by atoms with Crippen molar-refractivity contribution >= 4 is 27.5 Å². The Hall–Kier alpha value is -2.12. The highest BCUT2D eigenvalue weighted by molar-refractivity contribution is 9.10. The number of carbonyl (C=O) groups is 1. The molecule has 4 heteroatoms. The minimum absolute atomic E-state index is 0.228. The normalized spacial score (nSPS) is 9.74. The first-order valence-electron chi connectivity index (χ1n) is 5.43. The SMILES string of the molecule is C#Cc1cccc(NC(=O)c2cc(F)ccc2Br)c1. The summed E-state index contributed by atoms with van der Waals surface area (Å²) in [5.74, 6) is 1.61. The zero-order valence-electron chi connectivity index (χ0n) is 9.78. The predicted octanol–water partition coefficient (Wildman–Crippen LogP) is 3.82. The van der Waals surface area contributed by atoms with Gasteiger partial charge in [-0.15, -0.1) is 6.42 Å². The topological polar surface area (TPSA) is 29.1 Å². The molecule has 0 bridgehead atoms. The van der Waals surface area contributed by atoms with Gasteiger partial charge in [0, 0.05) is 15.7 Å². The van der Waals surface area contributed by atoms with Crippen molar-refractivity contribution in [3.05, 3.63) is 63.9 Å². The summed E-state index contributed by atoms with van der Waals surface area (Å²) in [6.45, 7) is 0. The second-order valence-electron chi connectivity index (χ2n) is 3.80. The molecule has 0 heterocycles. The molecule has 2 nitrogen and oxygen atoms in total. The zero-order valence-corrected chi connectivity index (χ0v) is 11.4. The maximum atomic E-state index is 13.1. The molecule has 0 saturated carbocycles. The number of hydrogen-bond acceptors (Lipinski definition) is 1. The maximum Gasteiger partial charge on any atom is 0.256 e. The third-order valence-electron chi connectivity index (χ3n) is 2.46. The standard InChI is InChI=1S/C15H9BrFNO/c1-2-10-4-3-5-12(8-10)18-15(19)13-9-11(17)6-7-14(13)16/h1,3-9H,(H,18,19). The summed E-state index contributed by atoms with van der Waals surface area (Å²) >= 11 is 3.21. The molecule has 2 aromatic rings. The molecule has 0 radical (unpaired) electrons. The second kappa shape index (κ2) is 5.68. The van der Waals surface area contributed by atoms with E-state index in [-0.39, 0.29) is 5.56 Å². The minimum Gasteiger partial charge on any atom is -0.322 e. The Bertz CT molecular complexity index is 676. The lowest BCUT2D eigenvalue weighted by Gasteiger charge is -2.07. The summed E-state index contributed by atoms with van der Waals surface area (Å²) in [5, 5.41) is 2.67. The number of halogens is 2. The van der Waals surface area contributed by atoms with E-state index in [1.54, 1.807) is 24.3 Å². The number of amides is 1. The number of carbonyl (C=O) groups excluding carboxylic acids is 1. The van der Waals surface area contributed by atoms with E-state index in [1.165, 1.54) is 18.2 Å². The van der Waals surface area contributed by atoms with Crippen LogP contribution in [0.2, 0.25) is 0 Å². The first-order chi connectivity index (χ1) is 9.10. The largest absolute Gasteiger partial charge is 0.322 e.